The molecule has 3 N–H and O–H groups in total. The second kappa shape index (κ2) is 5.44. The molecule has 5 heteroatoms. The van der Waals surface area contributed by atoms with Gasteiger partial charge < -0.3 is 11.1 Å². The van der Waals surface area contributed by atoms with Gasteiger partial charge in [0.15, 0.2) is 0 Å². The molecule has 0 saturated heterocycles. The molecule has 0 spiro atoms. The third kappa shape index (κ3) is 2.81. The zero-order chi connectivity index (χ0) is 14.8. The van der Waals surface area contributed by atoms with Gasteiger partial charge in [0.25, 0.3) is 0 Å². The maximum atomic E-state index is 5.78. The molecule has 21 heavy (non-hydrogen) atoms. The predicted octanol–water partition coefficient (Wildman–Crippen LogP) is 2.72. The van der Waals surface area contributed by atoms with Crippen LogP contribution in [0.5, 0.6) is 0 Å². The molecule has 1 aromatic carbocycles. The maximum Gasteiger partial charge on any atom is 0.126 e. The lowest BCUT2D eigenvalue weighted by molar-refractivity contribution is 0.746. The fraction of sp³-hybridized carbons (Fsp3) is 0.250. The highest BCUT2D eigenvalue weighted by Crippen LogP contribution is 2.18. The molecule has 108 valence electrons. The molecular weight excluding hydrogens is 262 g/mol. The van der Waals surface area contributed by atoms with Gasteiger partial charge in [0, 0.05) is 36.4 Å². The first kappa shape index (κ1) is 13.4. The van der Waals surface area contributed by atoms with E-state index in [0.717, 1.165) is 41.1 Å². The minimum atomic E-state index is 0.727. The summed E-state index contributed by atoms with van der Waals surface area (Å²) in [5, 5.41) is 8.86. The lowest BCUT2D eigenvalue weighted by Gasteiger charge is -2.07. The van der Waals surface area contributed by atoms with E-state index in [1.807, 2.05) is 48.3 Å². The van der Waals surface area contributed by atoms with Gasteiger partial charge in [-0.25, -0.2) is 4.98 Å². The van der Waals surface area contributed by atoms with Crippen molar-refractivity contribution in [3.63, 3.8) is 0 Å². The Bertz CT molecular complexity index is 775. The van der Waals surface area contributed by atoms with Crippen molar-refractivity contribution in [2.24, 2.45) is 7.05 Å². The first-order valence-corrected chi connectivity index (χ1v) is 7.07. The fourth-order valence-corrected chi connectivity index (χ4v) is 2.46. The van der Waals surface area contributed by atoms with Gasteiger partial charge >= 0.3 is 0 Å². The summed E-state index contributed by atoms with van der Waals surface area (Å²) in [5.41, 5.74) is 9.81. The number of anilines is 2. The van der Waals surface area contributed by atoms with Crippen LogP contribution >= 0.6 is 0 Å². The third-order valence-corrected chi connectivity index (χ3v) is 3.50. The predicted molar refractivity (Wildman–Crippen MR) is 86.1 cm³/mol. The van der Waals surface area contributed by atoms with Gasteiger partial charge in [-0.15, -0.1) is 0 Å². The number of hydrogen-bond acceptors (Lipinski definition) is 4. The van der Waals surface area contributed by atoms with E-state index >= 15 is 0 Å². The van der Waals surface area contributed by atoms with E-state index in [4.69, 9.17) is 5.73 Å². The Kier molecular flexibility index (Phi) is 3.48. The minimum Gasteiger partial charge on any atom is -0.399 e. The number of fused-ring (bicyclic) bond motifs is 1. The van der Waals surface area contributed by atoms with Crippen LogP contribution in [0.2, 0.25) is 0 Å². The Morgan fingerprint density at radius 3 is 2.90 bits per heavy atom. The van der Waals surface area contributed by atoms with E-state index in [0.29, 0.717) is 0 Å². The van der Waals surface area contributed by atoms with E-state index in [2.05, 4.69) is 22.3 Å². The third-order valence-electron chi connectivity index (χ3n) is 3.50. The monoisotopic (exact) mass is 281 g/mol. The van der Waals surface area contributed by atoms with Crippen molar-refractivity contribution in [3.8, 4) is 0 Å². The normalized spacial score (nSPS) is 11.0. The Balaban J connectivity index is 1.80. The summed E-state index contributed by atoms with van der Waals surface area (Å²) in [6.07, 6.45) is 2.98. The molecule has 0 aliphatic rings. The van der Waals surface area contributed by atoms with Crippen molar-refractivity contribution in [3.05, 3.63) is 47.8 Å². The van der Waals surface area contributed by atoms with Crippen molar-refractivity contribution < 1.29 is 0 Å². The largest absolute Gasteiger partial charge is 0.399 e. The number of hydrogen-bond donors (Lipinski definition) is 2. The SMILES string of the molecule is CCc1nn(C)cc1CNc1ccc2cc(N)ccc2n1. The Labute approximate surface area is 123 Å². The smallest absolute Gasteiger partial charge is 0.126 e. The van der Waals surface area contributed by atoms with Crippen LogP contribution in [0, 0.1) is 0 Å². The summed E-state index contributed by atoms with van der Waals surface area (Å²) in [7, 11) is 1.95. The van der Waals surface area contributed by atoms with Crippen LogP contribution < -0.4 is 11.1 Å². The molecule has 0 aliphatic heterocycles. The molecule has 3 aromatic rings. The lowest BCUT2D eigenvalue weighted by Crippen LogP contribution is -2.02. The molecule has 0 aliphatic carbocycles. The van der Waals surface area contributed by atoms with Gasteiger partial charge in [0.2, 0.25) is 0 Å². The van der Waals surface area contributed by atoms with Gasteiger partial charge in [0.05, 0.1) is 11.2 Å². The number of nitrogens with one attached hydrogen (secondary N) is 1. The van der Waals surface area contributed by atoms with Crippen molar-refractivity contribution in [2.75, 3.05) is 11.1 Å². The summed E-state index contributed by atoms with van der Waals surface area (Å²) in [4.78, 5) is 4.60. The van der Waals surface area contributed by atoms with E-state index in [1.54, 1.807) is 0 Å². The van der Waals surface area contributed by atoms with Gasteiger partial charge in [0.1, 0.15) is 5.82 Å². The van der Waals surface area contributed by atoms with E-state index in [1.165, 1.54) is 5.56 Å². The molecule has 2 aromatic heterocycles. The average molecular weight is 281 g/mol. The van der Waals surface area contributed by atoms with Crippen molar-refractivity contribution in [1.82, 2.24) is 14.8 Å². The summed E-state index contributed by atoms with van der Waals surface area (Å²) in [6, 6.07) is 9.75. The Hall–Kier alpha value is -2.56. The highest BCUT2D eigenvalue weighted by Gasteiger charge is 2.06. The number of nitrogen functional groups attached to an aromatic ring is 1. The maximum absolute atomic E-state index is 5.78. The van der Waals surface area contributed by atoms with Crippen molar-refractivity contribution >= 4 is 22.4 Å². The molecule has 0 amide bonds. The molecule has 0 atom stereocenters. The van der Waals surface area contributed by atoms with E-state index in [9.17, 15) is 0 Å². The van der Waals surface area contributed by atoms with Crippen molar-refractivity contribution in [1.29, 1.82) is 0 Å². The number of rotatable bonds is 4. The lowest BCUT2D eigenvalue weighted by atomic mass is 10.2. The second-order valence-corrected chi connectivity index (χ2v) is 5.13. The highest BCUT2D eigenvalue weighted by molar-refractivity contribution is 5.83. The standard InChI is InChI=1S/C16H19N5/c1-3-14-12(10-21(2)20-14)9-18-16-7-4-11-8-13(17)5-6-15(11)19-16/h4-8,10H,3,9,17H2,1-2H3,(H,18,19). The zero-order valence-electron chi connectivity index (χ0n) is 12.3. The van der Waals surface area contributed by atoms with Gasteiger partial charge in [-0.3, -0.25) is 4.68 Å². The van der Waals surface area contributed by atoms with Crippen LogP contribution in [0.3, 0.4) is 0 Å². The molecular formula is C16H19N5. The first-order chi connectivity index (χ1) is 10.2. The molecule has 0 saturated carbocycles. The van der Waals surface area contributed by atoms with Crippen molar-refractivity contribution in [2.45, 2.75) is 19.9 Å². The molecule has 2 heterocycles. The summed E-state index contributed by atoms with van der Waals surface area (Å²) >= 11 is 0. The first-order valence-electron chi connectivity index (χ1n) is 7.07. The average Bonchev–Trinajstić information content (AvgIpc) is 2.85. The molecule has 0 fully saturated rings. The minimum absolute atomic E-state index is 0.727. The van der Waals surface area contributed by atoms with E-state index < -0.39 is 0 Å². The molecule has 0 radical (unpaired) electrons. The van der Waals surface area contributed by atoms with Crippen LogP contribution in [0.25, 0.3) is 10.9 Å². The number of aryl methyl sites for hydroxylation is 2. The number of nitrogens with two attached hydrogens (primary N) is 1. The number of benzene rings is 1. The topological polar surface area (TPSA) is 68.8 Å². The fourth-order valence-electron chi connectivity index (χ4n) is 2.46. The van der Waals surface area contributed by atoms with Crippen LogP contribution in [-0.2, 0) is 20.0 Å². The molecule has 0 bridgehead atoms. The highest BCUT2D eigenvalue weighted by atomic mass is 15.3. The van der Waals surface area contributed by atoms with Crippen LogP contribution in [0.1, 0.15) is 18.2 Å². The number of aromatic nitrogens is 3. The molecule has 0 unspecified atom stereocenters. The Morgan fingerprint density at radius 2 is 2.10 bits per heavy atom. The van der Waals surface area contributed by atoms with Gasteiger partial charge in [-0.1, -0.05) is 6.92 Å². The zero-order valence-corrected chi connectivity index (χ0v) is 12.3. The second-order valence-electron chi connectivity index (χ2n) is 5.13. The van der Waals surface area contributed by atoms with Crippen LogP contribution in [0.4, 0.5) is 11.5 Å². The molecule has 5 nitrogen and oxygen atoms in total. The summed E-state index contributed by atoms with van der Waals surface area (Å²) in [6.45, 7) is 2.84. The van der Waals surface area contributed by atoms with Crippen LogP contribution in [0.15, 0.2) is 36.5 Å². The summed E-state index contributed by atoms with van der Waals surface area (Å²) in [5.74, 6) is 0.859. The van der Waals surface area contributed by atoms with Crippen LogP contribution in [-0.4, -0.2) is 14.8 Å². The summed E-state index contributed by atoms with van der Waals surface area (Å²) < 4.78 is 1.85. The number of pyridine rings is 1. The van der Waals surface area contributed by atoms with Gasteiger partial charge in [-0.2, -0.15) is 5.10 Å². The Morgan fingerprint density at radius 1 is 1.24 bits per heavy atom. The van der Waals surface area contributed by atoms with E-state index in [-0.39, 0.29) is 0 Å². The molecule has 3 rings (SSSR count). The van der Waals surface area contributed by atoms with Gasteiger partial charge in [-0.05, 0) is 36.8 Å². The number of nitrogens with zero attached hydrogens (tertiary/aromatic N) is 3. The quantitative estimate of drug-likeness (QED) is 0.721.